The Labute approximate surface area is 115 Å². The fourth-order valence-electron chi connectivity index (χ4n) is 1.49. The van der Waals surface area contributed by atoms with Gasteiger partial charge in [0.15, 0.2) is 0 Å². The van der Waals surface area contributed by atoms with Gasteiger partial charge in [-0.05, 0) is 33.8 Å². The van der Waals surface area contributed by atoms with Crippen molar-refractivity contribution in [3.05, 3.63) is 23.8 Å². The molecule has 1 aromatic rings. The van der Waals surface area contributed by atoms with Crippen molar-refractivity contribution in [1.29, 1.82) is 0 Å². The second-order valence-electron chi connectivity index (χ2n) is 5.66. The zero-order valence-electron chi connectivity index (χ0n) is 12.4. The van der Waals surface area contributed by atoms with Gasteiger partial charge in [-0.1, -0.05) is 17.6 Å². The van der Waals surface area contributed by atoms with Crippen LogP contribution in [0, 0.1) is 0 Å². The van der Waals surface area contributed by atoms with Gasteiger partial charge in [0.2, 0.25) is 0 Å². The summed E-state index contributed by atoms with van der Waals surface area (Å²) in [4.78, 5) is 0. The summed E-state index contributed by atoms with van der Waals surface area (Å²) in [7, 11) is 1.94. The Kier molecular flexibility index (Phi) is 5.01. The Balaban J connectivity index is 2.79. The van der Waals surface area contributed by atoms with E-state index in [2.05, 4.69) is 0 Å². The summed E-state index contributed by atoms with van der Waals surface area (Å²) < 4.78 is 10.9. The number of benzene rings is 1. The molecule has 0 aliphatic rings. The van der Waals surface area contributed by atoms with E-state index in [-0.39, 0.29) is 6.61 Å². The van der Waals surface area contributed by atoms with E-state index >= 15 is 0 Å². The molecule has 0 fully saturated rings. The number of rotatable bonds is 6. The van der Waals surface area contributed by atoms with E-state index in [1.165, 1.54) is 0 Å². The van der Waals surface area contributed by atoms with Crippen LogP contribution in [0.1, 0.15) is 33.3 Å². The molecule has 0 heterocycles. The van der Waals surface area contributed by atoms with Crippen LogP contribution >= 0.6 is 0 Å². The quantitative estimate of drug-likeness (QED) is 0.745. The number of hydrogen-bond donors (Lipinski definition) is 2. The van der Waals surface area contributed by atoms with Gasteiger partial charge in [-0.15, -0.1) is 0 Å². The second kappa shape index (κ2) is 5.95. The molecule has 1 aromatic carbocycles. The van der Waals surface area contributed by atoms with Gasteiger partial charge in [0, 0.05) is 5.56 Å². The largest absolute Gasteiger partial charge is 0.496 e. The van der Waals surface area contributed by atoms with Crippen molar-refractivity contribution in [2.24, 2.45) is 0 Å². The summed E-state index contributed by atoms with van der Waals surface area (Å²) in [5.41, 5.74) is 0.0674. The first-order valence-electron chi connectivity index (χ1n) is 6.34. The molecule has 1 rings (SSSR count). The third kappa shape index (κ3) is 3.96. The Morgan fingerprint density at radius 1 is 1.21 bits per heavy atom. The lowest BCUT2D eigenvalue weighted by molar-refractivity contribution is -0.0893. The lowest BCUT2D eigenvalue weighted by Gasteiger charge is -2.37. The molecule has 0 atom stereocenters. The first-order chi connectivity index (χ1) is 8.71. The van der Waals surface area contributed by atoms with Gasteiger partial charge in [0.1, 0.15) is 5.75 Å². The van der Waals surface area contributed by atoms with Crippen molar-refractivity contribution < 1.29 is 19.6 Å². The van der Waals surface area contributed by atoms with Gasteiger partial charge in [0.05, 0.1) is 24.9 Å². The van der Waals surface area contributed by atoms with Crippen LogP contribution in [-0.2, 0) is 11.3 Å². The molecule has 5 heteroatoms. The first kappa shape index (κ1) is 16.0. The highest BCUT2D eigenvalue weighted by Gasteiger charge is 2.35. The topological polar surface area (TPSA) is 58.9 Å². The molecule has 0 aliphatic carbocycles. The molecular weight excluding hydrogens is 243 g/mol. The van der Waals surface area contributed by atoms with Gasteiger partial charge in [0.25, 0.3) is 0 Å². The molecule has 0 amide bonds. The van der Waals surface area contributed by atoms with E-state index in [0.717, 1.165) is 11.0 Å². The molecule has 0 saturated carbocycles. The van der Waals surface area contributed by atoms with Crippen molar-refractivity contribution in [3.8, 4) is 5.75 Å². The third-order valence-electron chi connectivity index (χ3n) is 3.59. The summed E-state index contributed by atoms with van der Waals surface area (Å²) >= 11 is 0. The van der Waals surface area contributed by atoms with Crippen molar-refractivity contribution in [1.82, 2.24) is 0 Å². The fraction of sp³-hybridized carbons (Fsp3) is 0.571. The molecule has 0 spiro atoms. The molecular formula is C14H23BO4. The van der Waals surface area contributed by atoms with Crippen LogP contribution < -0.4 is 10.2 Å². The van der Waals surface area contributed by atoms with E-state index in [1.807, 2.05) is 26.0 Å². The Morgan fingerprint density at radius 3 is 2.32 bits per heavy atom. The van der Waals surface area contributed by atoms with Crippen LogP contribution in [0.2, 0.25) is 0 Å². The van der Waals surface area contributed by atoms with Crippen LogP contribution in [0.5, 0.6) is 5.75 Å². The Bertz CT molecular complexity index is 424. The van der Waals surface area contributed by atoms with Crippen LogP contribution in [0.15, 0.2) is 18.2 Å². The van der Waals surface area contributed by atoms with Crippen molar-refractivity contribution in [2.75, 3.05) is 7.11 Å². The van der Waals surface area contributed by atoms with Crippen molar-refractivity contribution in [2.45, 2.75) is 45.5 Å². The van der Waals surface area contributed by atoms with Gasteiger partial charge in [-0.2, -0.15) is 0 Å². The normalized spacial score (nSPS) is 12.4. The predicted molar refractivity (Wildman–Crippen MR) is 77.2 cm³/mol. The number of methoxy groups -OCH3 is 1. The van der Waals surface area contributed by atoms with Crippen LogP contribution in [0.25, 0.3) is 0 Å². The minimum Gasteiger partial charge on any atom is -0.496 e. The van der Waals surface area contributed by atoms with E-state index in [1.54, 1.807) is 27.0 Å². The fourth-order valence-corrected chi connectivity index (χ4v) is 1.49. The monoisotopic (exact) mass is 266 g/mol. The standard InChI is InChI=1S/C14H23BO4/c1-13(2,17)14(3,4)19-15-11-6-7-12(18-5)10(8-11)9-16/h6-8,15-17H,9H2,1-5H3. The highest BCUT2D eigenvalue weighted by atomic mass is 16.5. The minimum atomic E-state index is -0.931. The second-order valence-corrected chi connectivity index (χ2v) is 5.66. The molecule has 0 aliphatic heterocycles. The van der Waals surface area contributed by atoms with Crippen molar-refractivity contribution >= 4 is 12.9 Å². The lowest BCUT2D eigenvalue weighted by Crippen LogP contribution is -2.49. The van der Waals surface area contributed by atoms with E-state index in [0.29, 0.717) is 13.2 Å². The number of aliphatic hydroxyl groups is 2. The maximum atomic E-state index is 10.0. The predicted octanol–water partition coefficient (Wildman–Crippen LogP) is 0.730. The molecule has 0 radical (unpaired) electrons. The Morgan fingerprint density at radius 2 is 1.84 bits per heavy atom. The van der Waals surface area contributed by atoms with Crippen LogP contribution in [-0.4, -0.2) is 36.0 Å². The SMILES string of the molecule is COc1ccc(BOC(C)(C)C(C)(C)O)cc1CO. The summed E-state index contributed by atoms with van der Waals surface area (Å²) in [6.07, 6.45) is 0. The van der Waals surface area contributed by atoms with Crippen LogP contribution in [0.3, 0.4) is 0 Å². The van der Waals surface area contributed by atoms with Gasteiger partial charge >= 0.3 is 7.48 Å². The summed E-state index contributed by atoms with van der Waals surface area (Å²) in [5.74, 6) is 0.660. The average molecular weight is 266 g/mol. The summed E-state index contributed by atoms with van der Waals surface area (Å²) in [6.45, 7) is 7.07. The number of hydrogen-bond acceptors (Lipinski definition) is 4. The third-order valence-corrected chi connectivity index (χ3v) is 3.59. The van der Waals surface area contributed by atoms with Gasteiger partial charge in [-0.3, -0.25) is 0 Å². The molecule has 4 nitrogen and oxygen atoms in total. The minimum absolute atomic E-state index is 0.0775. The zero-order chi connectivity index (χ0) is 14.7. The molecule has 106 valence electrons. The van der Waals surface area contributed by atoms with Crippen LogP contribution in [0.4, 0.5) is 0 Å². The zero-order valence-corrected chi connectivity index (χ0v) is 12.4. The highest BCUT2D eigenvalue weighted by molar-refractivity contribution is 6.47. The summed E-state index contributed by atoms with van der Waals surface area (Å²) in [6, 6.07) is 5.54. The molecule has 0 aromatic heterocycles. The first-order valence-corrected chi connectivity index (χ1v) is 6.34. The van der Waals surface area contributed by atoms with E-state index in [4.69, 9.17) is 9.39 Å². The average Bonchev–Trinajstić information content (AvgIpc) is 2.34. The smallest absolute Gasteiger partial charge is 0.309 e. The molecule has 0 unspecified atom stereocenters. The molecule has 19 heavy (non-hydrogen) atoms. The maximum absolute atomic E-state index is 10.0. The van der Waals surface area contributed by atoms with Gasteiger partial charge < -0.3 is 19.6 Å². The van der Waals surface area contributed by atoms with E-state index in [9.17, 15) is 10.2 Å². The number of aliphatic hydroxyl groups excluding tert-OH is 1. The molecule has 2 N–H and O–H groups in total. The highest BCUT2D eigenvalue weighted by Crippen LogP contribution is 2.24. The molecule has 0 bridgehead atoms. The maximum Gasteiger partial charge on any atom is 0.309 e. The Hall–Kier alpha value is -1.04. The number of ether oxygens (including phenoxy) is 1. The van der Waals surface area contributed by atoms with Gasteiger partial charge in [-0.25, -0.2) is 0 Å². The summed E-state index contributed by atoms with van der Waals surface area (Å²) in [5, 5.41) is 19.3. The molecule has 0 saturated heterocycles. The van der Waals surface area contributed by atoms with Crippen molar-refractivity contribution in [3.63, 3.8) is 0 Å². The lowest BCUT2D eigenvalue weighted by atomic mass is 9.82. The van der Waals surface area contributed by atoms with E-state index < -0.39 is 11.2 Å².